The van der Waals surface area contributed by atoms with Gasteiger partial charge < -0.3 is 15.7 Å². The first-order valence-electron chi connectivity index (χ1n) is 7.76. The molecule has 138 valence electrons. The van der Waals surface area contributed by atoms with Crippen LogP contribution in [0.15, 0.2) is 48.5 Å². The molecule has 9 heteroatoms. The van der Waals surface area contributed by atoms with Crippen LogP contribution in [0.4, 0.5) is 21.9 Å². The number of amides is 3. The van der Waals surface area contributed by atoms with Crippen molar-refractivity contribution in [2.24, 2.45) is 0 Å². The summed E-state index contributed by atoms with van der Waals surface area (Å²) in [7, 11) is 0. The number of carbonyl (C=O) groups is 3. The Morgan fingerprint density at radius 2 is 1.67 bits per heavy atom. The molecule has 3 aromatic rings. The summed E-state index contributed by atoms with van der Waals surface area (Å²) < 4.78 is 0.876. The van der Waals surface area contributed by atoms with Gasteiger partial charge in [0.05, 0.1) is 16.3 Å². The highest BCUT2D eigenvalue weighted by atomic mass is 35.5. The first-order chi connectivity index (χ1) is 13.0. The normalized spacial score (nSPS) is 10.4. The third kappa shape index (κ3) is 4.55. The fraction of sp³-hybridized carbons (Fsp3) is 0.0556. The number of hydrogen-bond donors (Lipinski definition) is 4. The summed E-state index contributed by atoms with van der Waals surface area (Å²) in [5.74, 6) is -0.812. The average Bonchev–Trinajstić information content (AvgIpc) is 3.06. The Bertz CT molecular complexity index is 1030. The van der Waals surface area contributed by atoms with E-state index < -0.39 is 6.09 Å². The fourth-order valence-corrected chi connectivity index (χ4v) is 3.43. The van der Waals surface area contributed by atoms with Gasteiger partial charge in [-0.1, -0.05) is 12.1 Å². The van der Waals surface area contributed by atoms with E-state index in [-0.39, 0.29) is 23.4 Å². The highest BCUT2D eigenvalue weighted by Crippen LogP contribution is 2.29. The first kappa shape index (κ1) is 18.7. The molecule has 0 saturated heterocycles. The largest absolute Gasteiger partial charge is 0.465 e. The lowest BCUT2D eigenvalue weighted by atomic mass is 10.2. The average molecular weight is 404 g/mol. The van der Waals surface area contributed by atoms with Gasteiger partial charge >= 0.3 is 6.09 Å². The van der Waals surface area contributed by atoms with E-state index in [1.54, 1.807) is 48.5 Å². The molecule has 0 bridgehead atoms. The highest BCUT2D eigenvalue weighted by Gasteiger charge is 2.14. The number of rotatable bonds is 5. The van der Waals surface area contributed by atoms with Crippen molar-refractivity contribution >= 4 is 68.0 Å². The van der Waals surface area contributed by atoms with Gasteiger partial charge in [0.25, 0.3) is 5.91 Å². The molecule has 2 aromatic carbocycles. The van der Waals surface area contributed by atoms with Crippen LogP contribution in [0.1, 0.15) is 9.67 Å². The van der Waals surface area contributed by atoms with Crippen molar-refractivity contribution in [3.63, 3.8) is 0 Å². The van der Waals surface area contributed by atoms with Crippen molar-refractivity contribution in [2.75, 3.05) is 21.8 Å². The predicted octanol–water partition coefficient (Wildman–Crippen LogP) is 4.42. The Balaban J connectivity index is 1.82. The number of alkyl halides is 1. The summed E-state index contributed by atoms with van der Waals surface area (Å²) in [4.78, 5) is 35.3. The number of fused-ring (bicyclic) bond motifs is 1. The molecule has 0 aliphatic rings. The van der Waals surface area contributed by atoms with E-state index in [1.165, 1.54) is 11.3 Å². The van der Waals surface area contributed by atoms with E-state index in [0.29, 0.717) is 16.3 Å². The van der Waals surface area contributed by atoms with E-state index in [2.05, 4.69) is 16.0 Å². The molecule has 3 rings (SSSR count). The van der Waals surface area contributed by atoms with Crippen molar-refractivity contribution in [3.8, 4) is 0 Å². The Kier molecular flexibility index (Phi) is 5.58. The molecule has 4 N–H and O–H groups in total. The second kappa shape index (κ2) is 8.07. The number of thiophene rings is 1. The van der Waals surface area contributed by atoms with Crippen LogP contribution in [-0.4, -0.2) is 28.9 Å². The lowest BCUT2D eigenvalue weighted by Crippen LogP contribution is -2.14. The maximum atomic E-state index is 12.6. The second-order valence-electron chi connectivity index (χ2n) is 5.47. The van der Waals surface area contributed by atoms with Crippen LogP contribution in [0.3, 0.4) is 0 Å². The third-order valence-electron chi connectivity index (χ3n) is 3.56. The Morgan fingerprint density at radius 1 is 0.963 bits per heavy atom. The van der Waals surface area contributed by atoms with E-state index in [1.807, 2.05) is 0 Å². The molecule has 27 heavy (non-hydrogen) atoms. The SMILES string of the molecule is O=C(O)Nc1ccccc1NC(=O)c1cc2cc(NC(=O)CCl)ccc2s1. The number of hydrogen-bond acceptors (Lipinski definition) is 4. The molecule has 0 radical (unpaired) electrons. The summed E-state index contributed by atoms with van der Waals surface area (Å²) in [6.07, 6.45) is -1.22. The Labute approximate surface area is 163 Å². The number of carbonyl (C=O) groups excluding carboxylic acids is 2. The van der Waals surface area contributed by atoms with Gasteiger partial charge in [0, 0.05) is 10.4 Å². The minimum absolute atomic E-state index is 0.140. The third-order valence-corrected chi connectivity index (χ3v) is 4.92. The van der Waals surface area contributed by atoms with Gasteiger partial charge in [-0.3, -0.25) is 14.9 Å². The summed E-state index contributed by atoms with van der Waals surface area (Å²) in [5, 5.41) is 17.3. The van der Waals surface area contributed by atoms with Crippen molar-refractivity contribution in [1.82, 2.24) is 0 Å². The van der Waals surface area contributed by atoms with E-state index in [9.17, 15) is 14.4 Å². The minimum Gasteiger partial charge on any atom is -0.465 e. The summed E-state index contributed by atoms with van der Waals surface area (Å²) in [6, 6.07) is 13.5. The van der Waals surface area contributed by atoms with Crippen molar-refractivity contribution < 1.29 is 19.5 Å². The van der Waals surface area contributed by atoms with Crippen LogP contribution in [0, 0.1) is 0 Å². The van der Waals surface area contributed by atoms with Gasteiger partial charge in [-0.2, -0.15) is 0 Å². The molecule has 3 amide bonds. The molecule has 0 aliphatic carbocycles. The molecular formula is C18H14ClN3O4S. The predicted molar refractivity (Wildman–Crippen MR) is 107 cm³/mol. The number of halogens is 1. The standard InChI is InChI=1S/C18H14ClN3O4S/c19-9-16(23)20-11-5-6-14-10(7-11)8-15(27-14)17(24)21-12-3-1-2-4-13(12)22-18(25)26/h1-8,22H,9H2,(H,20,23)(H,21,24)(H,25,26). The Hall–Kier alpha value is -3.10. The van der Waals surface area contributed by atoms with Gasteiger partial charge in [0.1, 0.15) is 5.88 Å². The number of carboxylic acid groups (broad SMARTS) is 1. The molecule has 0 fully saturated rings. The highest BCUT2D eigenvalue weighted by molar-refractivity contribution is 7.20. The minimum atomic E-state index is -1.22. The number of anilines is 3. The van der Waals surface area contributed by atoms with Crippen LogP contribution in [0.25, 0.3) is 10.1 Å². The van der Waals surface area contributed by atoms with Gasteiger partial charge in [0.2, 0.25) is 5.91 Å². The van der Waals surface area contributed by atoms with Gasteiger partial charge in [0.15, 0.2) is 0 Å². The van der Waals surface area contributed by atoms with Gasteiger partial charge in [-0.15, -0.1) is 22.9 Å². The van der Waals surface area contributed by atoms with Crippen LogP contribution < -0.4 is 16.0 Å². The van der Waals surface area contributed by atoms with Crippen LogP contribution >= 0.6 is 22.9 Å². The molecule has 0 spiro atoms. The van der Waals surface area contributed by atoms with Gasteiger partial charge in [-0.05, 0) is 41.8 Å². The summed E-state index contributed by atoms with van der Waals surface area (Å²) in [5.41, 5.74) is 1.23. The van der Waals surface area contributed by atoms with Crippen LogP contribution in [-0.2, 0) is 4.79 Å². The number of para-hydroxylation sites is 2. The smallest absolute Gasteiger partial charge is 0.409 e. The molecular weight excluding hydrogens is 390 g/mol. The molecule has 0 unspecified atom stereocenters. The monoisotopic (exact) mass is 403 g/mol. The molecule has 0 saturated carbocycles. The Morgan fingerprint density at radius 3 is 2.33 bits per heavy atom. The topological polar surface area (TPSA) is 108 Å². The van der Waals surface area contributed by atoms with Crippen LogP contribution in [0.2, 0.25) is 0 Å². The maximum absolute atomic E-state index is 12.6. The zero-order valence-corrected chi connectivity index (χ0v) is 15.4. The molecule has 0 atom stereocenters. The second-order valence-corrected chi connectivity index (χ2v) is 6.83. The molecule has 1 heterocycles. The van der Waals surface area contributed by atoms with E-state index >= 15 is 0 Å². The zero-order chi connectivity index (χ0) is 19.4. The molecule has 1 aromatic heterocycles. The maximum Gasteiger partial charge on any atom is 0.409 e. The van der Waals surface area contributed by atoms with E-state index in [4.69, 9.17) is 16.7 Å². The van der Waals surface area contributed by atoms with Crippen molar-refractivity contribution in [1.29, 1.82) is 0 Å². The summed E-state index contributed by atoms with van der Waals surface area (Å²) >= 11 is 6.77. The molecule has 0 aliphatic heterocycles. The van der Waals surface area contributed by atoms with Crippen molar-refractivity contribution in [2.45, 2.75) is 0 Å². The summed E-state index contributed by atoms with van der Waals surface area (Å²) in [6.45, 7) is 0. The lowest BCUT2D eigenvalue weighted by molar-refractivity contribution is -0.113. The van der Waals surface area contributed by atoms with Gasteiger partial charge in [-0.25, -0.2) is 4.79 Å². The van der Waals surface area contributed by atoms with E-state index in [0.717, 1.165) is 10.1 Å². The zero-order valence-electron chi connectivity index (χ0n) is 13.8. The number of benzene rings is 2. The lowest BCUT2D eigenvalue weighted by Gasteiger charge is -2.09. The number of nitrogens with one attached hydrogen (secondary N) is 3. The van der Waals surface area contributed by atoms with Crippen molar-refractivity contribution in [3.05, 3.63) is 53.4 Å². The fourth-order valence-electron chi connectivity index (χ4n) is 2.43. The first-order valence-corrected chi connectivity index (χ1v) is 9.11. The quantitative estimate of drug-likeness (QED) is 0.473. The molecule has 7 nitrogen and oxygen atoms in total. The van der Waals surface area contributed by atoms with Crippen LogP contribution in [0.5, 0.6) is 0 Å².